The topological polar surface area (TPSA) is 78.9 Å². The highest BCUT2D eigenvalue weighted by Crippen LogP contribution is 2.24. The van der Waals surface area contributed by atoms with E-state index < -0.39 is 10.2 Å². The van der Waals surface area contributed by atoms with E-state index in [2.05, 4.69) is 4.72 Å². The molecule has 2 aliphatic rings. The van der Waals surface area contributed by atoms with Crippen molar-refractivity contribution in [2.24, 2.45) is 5.92 Å². The molecule has 2 N–H and O–H groups in total. The minimum Gasteiger partial charge on any atom is -0.393 e. The van der Waals surface area contributed by atoms with E-state index in [4.69, 9.17) is 4.74 Å². The molecular weight excluding hydrogens is 244 g/mol. The summed E-state index contributed by atoms with van der Waals surface area (Å²) in [6.45, 7) is 2.19. The third-order valence-electron chi connectivity index (χ3n) is 3.38. The number of aliphatic hydroxyl groups is 1. The number of morpholine rings is 1. The minimum atomic E-state index is -3.37. The van der Waals surface area contributed by atoms with Crippen LogP contribution in [0.15, 0.2) is 0 Å². The van der Waals surface area contributed by atoms with Crippen molar-refractivity contribution in [1.29, 1.82) is 0 Å². The predicted octanol–water partition coefficient (Wildman–Crippen LogP) is -0.686. The predicted molar refractivity (Wildman–Crippen MR) is 62.7 cm³/mol. The van der Waals surface area contributed by atoms with Crippen LogP contribution in [0, 0.1) is 5.92 Å². The SMILES string of the molecule is O=S(=O)(NCC1CCC(O)C1)N1CCOCC1. The van der Waals surface area contributed by atoms with Crippen LogP contribution in [-0.4, -0.2) is 56.8 Å². The second kappa shape index (κ2) is 5.62. The molecule has 100 valence electrons. The van der Waals surface area contributed by atoms with Gasteiger partial charge in [0.1, 0.15) is 0 Å². The Morgan fingerprint density at radius 3 is 2.59 bits per heavy atom. The van der Waals surface area contributed by atoms with Crippen LogP contribution in [-0.2, 0) is 14.9 Å². The molecule has 0 amide bonds. The van der Waals surface area contributed by atoms with Gasteiger partial charge in [0.15, 0.2) is 0 Å². The molecule has 0 spiro atoms. The molecule has 1 aliphatic heterocycles. The summed E-state index contributed by atoms with van der Waals surface area (Å²) in [6, 6.07) is 0. The van der Waals surface area contributed by atoms with Crippen molar-refractivity contribution in [2.75, 3.05) is 32.8 Å². The van der Waals surface area contributed by atoms with E-state index in [1.165, 1.54) is 4.31 Å². The lowest BCUT2D eigenvalue weighted by Crippen LogP contribution is -2.47. The van der Waals surface area contributed by atoms with E-state index >= 15 is 0 Å². The molecule has 7 heteroatoms. The van der Waals surface area contributed by atoms with Crippen LogP contribution in [0.1, 0.15) is 19.3 Å². The van der Waals surface area contributed by atoms with Crippen LogP contribution in [0.25, 0.3) is 0 Å². The van der Waals surface area contributed by atoms with E-state index in [1.807, 2.05) is 0 Å². The van der Waals surface area contributed by atoms with Crippen molar-refractivity contribution in [3.05, 3.63) is 0 Å². The molecule has 0 aromatic carbocycles. The lowest BCUT2D eigenvalue weighted by Gasteiger charge is -2.26. The van der Waals surface area contributed by atoms with Gasteiger partial charge >= 0.3 is 0 Å². The average Bonchev–Trinajstić information content (AvgIpc) is 2.74. The molecule has 2 unspecified atom stereocenters. The molecule has 1 saturated heterocycles. The Labute approximate surface area is 102 Å². The van der Waals surface area contributed by atoms with Gasteiger partial charge in [-0.05, 0) is 25.2 Å². The van der Waals surface area contributed by atoms with E-state index in [0.717, 1.165) is 12.8 Å². The van der Waals surface area contributed by atoms with Crippen molar-refractivity contribution in [3.63, 3.8) is 0 Å². The smallest absolute Gasteiger partial charge is 0.279 e. The van der Waals surface area contributed by atoms with Gasteiger partial charge in [-0.2, -0.15) is 12.7 Å². The summed E-state index contributed by atoms with van der Waals surface area (Å²) >= 11 is 0. The van der Waals surface area contributed by atoms with E-state index in [1.54, 1.807) is 0 Å². The van der Waals surface area contributed by atoms with Crippen molar-refractivity contribution >= 4 is 10.2 Å². The molecule has 0 aromatic rings. The molecule has 2 rings (SSSR count). The highest BCUT2D eigenvalue weighted by Gasteiger charge is 2.27. The molecule has 0 radical (unpaired) electrons. The zero-order valence-electron chi connectivity index (χ0n) is 9.84. The van der Waals surface area contributed by atoms with Crippen molar-refractivity contribution in [1.82, 2.24) is 9.03 Å². The maximum absolute atomic E-state index is 11.9. The molecule has 1 aliphatic carbocycles. The van der Waals surface area contributed by atoms with Gasteiger partial charge in [-0.25, -0.2) is 4.72 Å². The van der Waals surface area contributed by atoms with Crippen LogP contribution in [0.2, 0.25) is 0 Å². The normalized spacial score (nSPS) is 31.8. The average molecular weight is 264 g/mol. The first-order valence-electron chi connectivity index (χ1n) is 6.08. The Morgan fingerprint density at radius 2 is 2.00 bits per heavy atom. The maximum Gasteiger partial charge on any atom is 0.279 e. The van der Waals surface area contributed by atoms with Crippen molar-refractivity contribution < 1.29 is 18.3 Å². The summed E-state index contributed by atoms with van der Waals surface area (Å²) in [4.78, 5) is 0. The van der Waals surface area contributed by atoms with Gasteiger partial charge in [0.05, 0.1) is 19.3 Å². The van der Waals surface area contributed by atoms with E-state index in [9.17, 15) is 13.5 Å². The zero-order valence-corrected chi connectivity index (χ0v) is 10.7. The number of aliphatic hydroxyl groups excluding tert-OH is 1. The third kappa shape index (κ3) is 3.62. The standard InChI is InChI=1S/C10H20N2O4S/c13-10-2-1-9(7-10)8-11-17(14,15)12-3-5-16-6-4-12/h9-11,13H,1-8H2. The van der Waals surface area contributed by atoms with Crippen molar-refractivity contribution in [3.8, 4) is 0 Å². The second-order valence-electron chi connectivity index (χ2n) is 4.70. The number of ether oxygens (including phenoxy) is 1. The molecule has 17 heavy (non-hydrogen) atoms. The zero-order chi connectivity index (χ0) is 12.3. The number of hydrogen-bond acceptors (Lipinski definition) is 4. The number of nitrogens with one attached hydrogen (secondary N) is 1. The second-order valence-corrected chi connectivity index (χ2v) is 6.45. The van der Waals surface area contributed by atoms with Crippen LogP contribution >= 0.6 is 0 Å². The summed E-state index contributed by atoms with van der Waals surface area (Å²) in [5, 5.41) is 9.37. The van der Waals surface area contributed by atoms with Gasteiger partial charge in [-0.15, -0.1) is 0 Å². The lowest BCUT2D eigenvalue weighted by atomic mass is 10.1. The first-order chi connectivity index (χ1) is 8.08. The highest BCUT2D eigenvalue weighted by molar-refractivity contribution is 7.87. The molecule has 1 heterocycles. The van der Waals surface area contributed by atoms with Gasteiger partial charge in [-0.3, -0.25) is 0 Å². The first-order valence-corrected chi connectivity index (χ1v) is 7.52. The highest BCUT2D eigenvalue weighted by atomic mass is 32.2. The Hall–Kier alpha value is -0.210. The Kier molecular flexibility index (Phi) is 4.37. The van der Waals surface area contributed by atoms with Gasteiger partial charge < -0.3 is 9.84 Å². The fourth-order valence-electron chi connectivity index (χ4n) is 2.34. The van der Waals surface area contributed by atoms with Gasteiger partial charge in [0.2, 0.25) is 0 Å². The molecule has 2 atom stereocenters. The van der Waals surface area contributed by atoms with Crippen molar-refractivity contribution in [2.45, 2.75) is 25.4 Å². The van der Waals surface area contributed by atoms with Crippen LogP contribution < -0.4 is 4.72 Å². The molecule has 6 nitrogen and oxygen atoms in total. The third-order valence-corrected chi connectivity index (χ3v) is 4.95. The maximum atomic E-state index is 11.9. The Bertz CT molecular complexity index is 340. The van der Waals surface area contributed by atoms with E-state index in [0.29, 0.717) is 39.3 Å². The minimum absolute atomic E-state index is 0.257. The number of nitrogens with zero attached hydrogens (tertiary/aromatic N) is 1. The van der Waals surface area contributed by atoms with Gasteiger partial charge in [-0.1, -0.05) is 0 Å². The molecular formula is C10H20N2O4S. The molecule has 0 bridgehead atoms. The summed E-state index contributed by atoms with van der Waals surface area (Å²) in [5.74, 6) is 0.265. The summed E-state index contributed by atoms with van der Waals surface area (Å²) in [7, 11) is -3.37. The fourth-order valence-corrected chi connectivity index (χ4v) is 3.59. The molecule has 1 saturated carbocycles. The number of rotatable bonds is 4. The summed E-state index contributed by atoms with van der Waals surface area (Å²) < 4.78 is 33.0. The fraction of sp³-hybridized carbons (Fsp3) is 1.00. The Morgan fingerprint density at radius 1 is 1.29 bits per heavy atom. The van der Waals surface area contributed by atoms with E-state index in [-0.39, 0.29) is 12.0 Å². The summed E-state index contributed by atoms with van der Waals surface area (Å²) in [6.07, 6.45) is 2.12. The van der Waals surface area contributed by atoms with Crippen LogP contribution in [0.4, 0.5) is 0 Å². The van der Waals surface area contributed by atoms with Gasteiger partial charge in [0, 0.05) is 19.6 Å². The monoisotopic (exact) mass is 264 g/mol. The summed E-state index contributed by atoms with van der Waals surface area (Å²) in [5.41, 5.74) is 0. The van der Waals surface area contributed by atoms with Crippen LogP contribution in [0.5, 0.6) is 0 Å². The largest absolute Gasteiger partial charge is 0.393 e. The number of hydrogen-bond donors (Lipinski definition) is 2. The first kappa shape index (κ1) is 13.2. The molecule has 0 aromatic heterocycles. The van der Waals surface area contributed by atoms with Crippen LogP contribution in [0.3, 0.4) is 0 Å². The quantitative estimate of drug-likeness (QED) is 0.705. The Balaban J connectivity index is 1.80. The lowest BCUT2D eigenvalue weighted by molar-refractivity contribution is 0.0724. The van der Waals surface area contributed by atoms with Gasteiger partial charge in [0.25, 0.3) is 10.2 Å². The molecule has 2 fully saturated rings.